The monoisotopic (exact) mass is 211 g/mol. The van der Waals surface area contributed by atoms with Crippen molar-refractivity contribution in [1.82, 2.24) is 0 Å². The fourth-order valence-corrected chi connectivity index (χ4v) is 2.75. The Labute approximate surface area is 93.6 Å². The van der Waals surface area contributed by atoms with Crippen molar-refractivity contribution in [3.63, 3.8) is 0 Å². The summed E-state index contributed by atoms with van der Waals surface area (Å²) in [5.74, 6) is 1.62. The molecule has 1 fully saturated rings. The minimum absolute atomic E-state index is 0.130. The van der Waals surface area contributed by atoms with Crippen LogP contribution in [-0.4, -0.2) is 12.3 Å². The highest BCUT2D eigenvalue weighted by Gasteiger charge is 2.28. The highest BCUT2D eigenvalue weighted by Crippen LogP contribution is 2.31. The topological polar surface area (TPSA) is 43.1 Å². The highest BCUT2D eigenvalue weighted by molar-refractivity contribution is 5.83. The van der Waals surface area contributed by atoms with Crippen LogP contribution in [0.4, 0.5) is 0 Å². The number of hydrogen-bond acceptors (Lipinski definition) is 2. The Bertz CT molecular complexity index is 203. The first kappa shape index (κ1) is 12.7. The van der Waals surface area contributed by atoms with Gasteiger partial charge in [-0.3, -0.25) is 4.79 Å². The Morgan fingerprint density at radius 3 is 2.73 bits per heavy atom. The molecule has 1 saturated carbocycles. The molecular weight excluding hydrogens is 186 g/mol. The molecule has 0 amide bonds. The van der Waals surface area contributed by atoms with Crippen molar-refractivity contribution in [3.05, 3.63) is 0 Å². The van der Waals surface area contributed by atoms with Crippen molar-refractivity contribution in [2.45, 2.75) is 52.4 Å². The predicted octanol–water partition coefficient (Wildman–Crippen LogP) is 2.76. The number of Topliss-reactive ketones (excluding diaryl/α,β-unsaturated/α-hetero) is 1. The quantitative estimate of drug-likeness (QED) is 0.760. The van der Waals surface area contributed by atoms with Crippen LogP contribution in [0.2, 0.25) is 0 Å². The molecule has 0 aromatic heterocycles. The van der Waals surface area contributed by atoms with Gasteiger partial charge in [0.15, 0.2) is 0 Å². The lowest BCUT2D eigenvalue weighted by molar-refractivity contribution is -0.128. The van der Waals surface area contributed by atoms with Gasteiger partial charge in [0, 0.05) is 18.4 Å². The molecule has 0 aromatic carbocycles. The first-order chi connectivity index (χ1) is 7.19. The molecule has 2 heteroatoms. The summed E-state index contributed by atoms with van der Waals surface area (Å²) in [5.41, 5.74) is 5.68. The minimum Gasteiger partial charge on any atom is -0.330 e. The standard InChI is InChI=1S/C13H25NO/c1-3-5-12(9-14)13(15)11-7-4-6-10(2)8-11/h10-12H,3-9,14H2,1-2H3. The number of nitrogens with two attached hydrogens (primary N) is 1. The van der Waals surface area contributed by atoms with Gasteiger partial charge in [0.2, 0.25) is 0 Å². The molecule has 0 bridgehead atoms. The zero-order valence-electron chi connectivity index (χ0n) is 10.2. The Balaban J connectivity index is 2.49. The first-order valence-corrected chi connectivity index (χ1v) is 6.42. The molecule has 2 nitrogen and oxygen atoms in total. The van der Waals surface area contributed by atoms with E-state index in [1.165, 1.54) is 12.8 Å². The third-order valence-corrected chi connectivity index (χ3v) is 3.66. The van der Waals surface area contributed by atoms with E-state index < -0.39 is 0 Å². The van der Waals surface area contributed by atoms with Crippen LogP contribution < -0.4 is 5.73 Å². The maximum absolute atomic E-state index is 12.2. The van der Waals surface area contributed by atoms with Gasteiger partial charge in [-0.15, -0.1) is 0 Å². The van der Waals surface area contributed by atoms with Crippen molar-refractivity contribution in [1.29, 1.82) is 0 Å². The zero-order chi connectivity index (χ0) is 11.3. The van der Waals surface area contributed by atoms with E-state index in [-0.39, 0.29) is 5.92 Å². The number of rotatable bonds is 5. The third-order valence-electron chi connectivity index (χ3n) is 3.66. The second-order valence-corrected chi connectivity index (χ2v) is 5.09. The SMILES string of the molecule is CCCC(CN)C(=O)C1CCCC(C)C1. The van der Waals surface area contributed by atoms with Crippen molar-refractivity contribution in [3.8, 4) is 0 Å². The average Bonchev–Trinajstić information content (AvgIpc) is 2.25. The summed E-state index contributed by atoms with van der Waals surface area (Å²) in [7, 11) is 0. The normalized spacial score (nSPS) is 28.7. The Morgan fingerprint density at radius 2 is 2.20 bits per heavy atom. The van der Waals surface area contributed by atoms with Crippen LogP contribution in [0.15, 0.2) is 0 Å². The van der Waals surface area contributed by atoms with Crippen LogP contribution in [0.3, 0.4) is 0 Å². The molecule has 15 heavy (non-hydrogen) atoms. The van der Waals surface area contributed by atoms with Gasteiger partial charge in [0.05, 0.1) is 0 Å². The average molecular weight is 211 g/mol. The molecule has 0 radical (unpaired) electrons. The first-order valence-electron chi connectivity index (χ1n) is 6.42. The largest absolute Gasteiger partial charge is 0.330 e. The number of carbonyl (C=O) groups is 1. The summed E-state index contributed by atoms with van der Waals surface area (Å²) >= 11 is 0. The molecule has 1 rings (SSSR count). The summed E-state index contributed by atoms with van der Waals surface area (Å²) in [4.78, 5) is 12.2. The molecule has 3 unspecified atom stereocenters. The molecule has 2 N–H and O–H groups in total. The Kier molecular flexibility index (Phi) is 5.30. The van der Waals surface area contributed by atoms with Crippen molar-refractivity contribution in [2.75, 3.05) is 6.54 Å². The van der Waals surface area contributed by atoms with E-state index in [2.05, 4.69) is 13.8 Å². The van der Waals surface area contributed by atoms with Gasteiger partial charge in [0.25, 0.3) is 0 Å². The molecule has 0 aliphatic heterocycles. The molecular formula is C13H25NO. The Hall–Kier alpha value is -0.370. The molecule has 0 heterocycles. The second-order valence-electron chi connectivity index (χ2n) is 5.09. The number of carbonyl (C=O) groups excluding carboxylic acids is 1. The summed E-state index contributed by atoms with van der Waals surface area (Å²) in [6, 6.07) is 0. The maximum Gasteiger partial charge on any atom is 0.140 e. The number of hydrogen-bond donors (Lipinski definition) is 1. The van der Waals surface area contributed by atoms with Gasteiger partial charge in [-0.05, 0) is 25.2 Å². The van der Waals surface area contributed by atoms with Crippen LogP contribution in [0.5, 0.6) is 0 Å². The fourth-order valence-electron chi connectivity index (χ4n) is 2.75. The zero-order valence-corrected chi connectivity index (χ0v) is 10.2. The fraction of sp³-hybridized carbons (Fsp3) is 0.923. The van der Waals surface area contributed by atoms with Crippen LogP contribution >= 0.6 is 0 Å². The highest BCUT2D eigenvalue weighted by atomic mass is 16.1. The third kappa shape index (κ3) is 3.60. The summed E-state index contributed by atoms with van der Waals surface area (Å²) < 4.78 is 0. The minimum atomic E-state index is 0.130. The van der Waals surface area contributed by atoms with Crippen molar-refractivity contribution >= 4 is 5.78 Å². The van der Waals surface area contributed by atoms with Crippen molar-refractivity contribution < 1.29 is 4.79 Å². The molecule has 0 aromatic rings. The lowest BCUT2D eigenvalue weighted by Crippen LogP contribution is -2.32. The molecule has 1 aliphatic rings. The van der Waals surface area contributed by atoms with E-state index in [0.717, 1.165) is 31.6 Å². The molecule has 0 spiro atoms. The van der Waals surface area contributed by atoms with E-state index in [1.54, 1.807) is 0 Å². The maximum atomic E-state index is 12.2. The van der Waals surface area contributed by atoms with E-state index >= 15 is 0 Å². The van der Waals surface area contributed by atoms with Crippen LogP contribution in [0.25, 0.3) is 0 Å². The van der Waals surface area contributed by atoms with Crippen LogP contribution in [0, 0.1) is 17.8 Å². The van der Waals surface area contributed by atoms with E-state index in [4.69, 9.17) is 5.73 Å². The van der Waals surface area contributed by atoms with E-state index in [0.29, 0.717) is 18.2 Å². The smallest absolute Gasteiger partial charge is 0.140 e. The Morgan fingerprint density at radius 1 is 1.47 bits per heavy atom. The van der Waals surface area contributed by atoms with Gasteiger partial charge in [-0.1, -0.05) is 33.1 Å². The van der Waals surface area contributed by atoms with Gasteiger partial charge in [-0.2, -0.15) is 0 Å². The van der Waals surface area contributed by atoms with Crippen LogP contribution in [0.1, 0.15) is 52.4 Å². The molecule has 0 saturated heterocycles. The molecule has 88 valence electrons. The number of ketones is 1. The van der Waals surface area contributed by atoms with Crippen LogP contribution in [-0.2, 0) is 4.79 Å². The summed E-state index contributed by atoms with van der Waals surface area (Å²) in [6.07, 6.45) is 6.75. The van der Waals surface area contributed by atoms with Gasteiger partial charge in [-0.25, -0.2) is 0 Å². The summed E-state index contributed by atoms with van der Waals surface area (Å²) in [6.45, 7) is 4.92. The van der Waals surface area contributed by atoms with Crippen molar-refractivity contribution in [2.24, 2.45) is 23.5 Å². The molecule has 1 aliphatic carbocycles. The van der Waals surface area contributed by atoms with E-state index in [9.17, 15) is 4.79 Å². The second kappa shape index (κ2) is 6.26. The van der Waals surface area contributed by atoms with E-state index in [1.807, 2.05) is 0 Å². The van der Waals surface area contributed by atoms with Gasteiger partial charge >= 0.3 is 0 Å². The lowest BCUT2D eigenvalue weighted by Gasteiger charge is -2.28. The van der Waals surface area contributed by atoms with Gasteiger partial charge < -0.3 is 5.73 Å². The summed E-state index contributed by atoms with van der Waals surface area (Å²) in [5, 5.41) is 0. The van der Waals surface area contributed by atoms with Gasteiger partial charge in [0.1, 0.15) is 5.78 Å². The lowest BCUT2D eigenvalue weighted by atomic mass is 9.76. The predicted molar refractivity (Wildman–Crippen MR) is 63.6 cm³/mol. The molecule has 3 atom stereocenters.